The van der Waals surface area contributed by atoms with Crippen molar-refractivity contribution in [3.63, 3.8) is 0 Å². The van der Waals surface area contributed by atoms with Gasteiger partial charge in [-0.25, -0.2) is 0 Å². The van der Waals surface area contributed by atoms with Gasteiger partial charge in [-0.1, -0.05) is 72.8 Å². The second kappa shape index (κ2) is 5.47. The molecular weight excluding hydrogens is 384 g/mol. The average molecular weight is 405 g/mol. The average Bonchev–Trinajstić information content (AvgIpc) is 2.84. The minimum Gasteiger partial charge on any atom is -0.0616 e. The van der Waals surface area contributed by atoms with Crippen molar-refractivity contribution in [3.8, 4) is 0 Å². The first-order valence-corrected chi connectivity index (χ1v) is 11.4. The van der Waals surface area contributed by atoms with E-state index in [-0.39, 0.29) is 0 Å². The van der Waals surface area contributed by atoms with Crippen LogP contribution in [0.1, 0.15) is 11.1 Å². The zero-order valence-corrected chi connectivity index (χ0v) is 18.1. The molecule has 0 heterocycles. The SMILES string of the molecule is Cc1c2cc3ccccc3c3ccc4c(C)c5cc6ccccc6c6ccc1c(c56)c4c23. The van der Waals surface area contributed by atoms with E-state index >= 15 is 0 Å². The first-order chi connectivity index (χ1) is 15.7. The van der Waals surface area contributed by atoms with Gasteiger partial charge in [0.1, 0.15) is 0 Å². The molecule has 0 saturated heterocycles. The number of aryl methyl sites for hydroxylation is 2. The summed E-state index contributed by atoms with van der Waals surface area (Å²) in [5, 5.41) is 19.4. The van der Waals surface area contributed by atoms with Crippen molar-refractivity contribution >= 4 is 75.4 Å². The molecule has 0 aliphatic rings. The Morgan fingerprint density at radius 2 is 0.750 bits per heavy atom. The highest BCUT2D eigenvalue weighted by molar-refractivity contribution is 6.41. The van der Waals surface area contributed by atoms with E-state index in [1.165, 1.54) is 86.5 Å². The van der Waals surface area contributed by atoms with Crippen molar-refractivity contribution < 1.29 is 0 Å². The molecule has 0 radical (unpaired) electrons. The Bertz CT molecular complexity index is 1890. The number of rotatable bonds is 0. The highest BCUT2D eigenvalue weighted by atomic mass is 14.2. The summed E-state index contributed by atoms with van der Waals surface area (Å²) in [6.45, 7) is 4.62. The first-order valence-electron chi connectivity index (χ1n) is 11.4. The molecule has 8 aromatic carbocycles. The van der Waals surface area contributed by atoms with Crippen LogP contribution in [-0.4, -0.2) is 0 Å². The fourth-order valence-corrected chi connectivity index (χ4v) is 6.43. The molecule has 0 aromatic heterocycles. The summed E-state index contributed by atoms with van der Waals surface area (Å²) >= 11 is 0. The number of hydrogen-bond acceptors (Lipinski definition) is 0. The fourth-order valence-electron chi connectivity index (χ4n) is 6.43. The molecule has 8 rings (SSSR count). The van der Waals surface area contributed by atoms with E-state index in [4.69, 9.17) is 0 Å². The molecular formula is C32H20. The lowest BCUT2D eigenvalue weighted by molar-refractivity contribution is 1.58. The van der Waals surface area contributed by atoms with Gasteiger partial charge < -0.3 is 0 Å². The minimum absolute atomic E-state index is 1.32. The monoisotopic (exact) mass is 404 g/mol. The topological polar surface area (TPSA) is 0 Å². The lowest BCUT2D eigenvalue weighted by Gasteiger charge is -2.22. The molecule has 32 heavy (non-hydrogen) atoms. The molecule has 0 atom stereocenters. The van der Waals surface area contributed by atoms with Crippen LogP contribution in [0.25, 0.3) is 75.4 Å². The predicted molar refractivity (Wildman–Crippen MR) is 141 cm³/mol. The van der Waals surface area contributed by atoms with E-state index in [2.05, 4.69) is 98.8 Å². The standard InChI is InChI=1S/C32H20/c1-17-21-11-13-26-24-10-6-4-8-20(24)16-28-18(2)22-12-14-25-23-9-5-3-7-19(23)15-27(17)29(25)32(22)31(21)30(26)28/h3-16H,1-2H3. The predicted octanol–water partition coefficient (Wildman–Crippen LogP) is 9.25. The van der Waals surface area contributed by atoms with Crippen LogP contribution in [0.2, 0.25) is 0 Å². The van der Waals surface area contributed by atoms with E-state index < -0.39 is 0 Å². The molecule has 148 valence electrons. The van der Waals surface area contributed by atoms with Gasteiger partial charge in [0, 0.05) is 0 Å². The molecule has 0 unspecified atom stereocenters. The molecule has 0 fully saturated rings. The van der Waals surface area contributed by atoms with Gasteiger partial charge >= 0.3 is 0 Å². The number of hydrogen-bond donors (Lipinski definition) is 0. The third kappa shape index (κ3) is 1.78. The van der Waals surface area contributed by atoms with Crippen LogP contribution in [-0.2, 0) is 0 Å². The lowest BCUT2D eigenvalue weighted by Crippen LogP contribution is -1.95. The molecule has 0 aliphatic carbocycles. The van der Waals surface area contributed by atoms with Crippen LogP contribution < -0.4 is 0 Å². The van der Waals surface area contributed by atoms with E-state index in [1.54, 1.807) is 0 Å². The third-order valence-corrected chi connectivity index (χ3v) is 7.92. The van der Waals surface area contributed by atoms with E-state index in [9.17, 15) is 0 Å². The summed E-state index contributed by atoms with van der Waals surface area (Å²) < 4.78 is 0. The van der Waals surface area contributed by atoms with Crippen LogP contribution in [0.15, 0.2) is 84.9 Å². The highest BCUT2D eigenvalue weighted by Crippen LogP contribution is 2.49. The van der Waals surface area contributed by atoms with Crippen molar-refractivity contribution in [1.82, 2.24) is 0 Å². The van der Waals surface area contributed by atoms with Gasteiger partial charge in [0.15, 0.2) is 0 Å². The van der Waals surface area contributed by atoms with E-state index in [0.717, 1.165) is 0 Å². The Morgan fingerprint density at radius 3 is 1.22 bits per heavy atom. The summed E-state index contributed by atoms with van der Waals surface area (Å²) in [5.74, 6) is 0. The summed E-state index contributed by atoms with van der Waals surface area (Å²) in [6.07, 6.45) is 0. The van der Waals surface area contributed by atoms with Gasteiger partial charge in [0.2, 0.25) is 0 Å². The minimum atomic E-state index is 1.32. The number of fused-ring (bicyclic) bond motifs is 4. The van der Waals surface area contributed by atoms with Gasteiger partial charge in [-0.3, -0.25) is 0 Å². The molecule has 0 amide bonds. The smallest absolute Gasteiger partial charge is 0.00110 e. The van der Waals surface area contributed by atoms with Gasteiger partial charge in [-0.15, -0.1) is 0 Å². The van der Waals surface area contributed by atoms with Crippen LogP contribution in [0.4, 0.5) is 0 Å². The Kier molecular flexibility index (Phi) is 2.86. The molecule has 0 saturated carbocycles. The number of benzene rings is 8. The van der Waals surface area contributed by atoms with Gasteiger partial charge in [0.05, 0.1) is 0 Å². The van der Waals surface area contributed by atoms with E-state index in [1.807, 2.05) is 0 Å². The van der Waals surface area contributed by atoms with Crippen molar-refractivity contribution in [2.24, 2.45) is 0 Å². The van der Waals surface area contributed by atoms with Gasteiger partial charge in [-0.05, 0) is 113 Å². The Balaban J connectivity index is 1.81. The van der Waals surface area contributed by atoms with Crippen molar-refractivity contribution in [2.45, 2.75) is 13.8 Å². The Labute approximate surface area is 185 Å². The third-order valence-electron chi connectivity index (χ3n) is 7.92. The molecule has 0 aliphatic heterocycles. The molecule has 0 spiro atoms. The summed E-state index contributed by atoms with van der Waals surface area (Å²) in [4.78, 5) is 0. The molecule has 0 bridgehead atoms. The summed E-state index contributed by atoms with van der Waals surface area (Å²) in [6, 6.07) is 31.9. The van der Waals surface area contributed by atoms with Crippen molar-refractivity contribution in [3.05, 3.63) is 96.1 Å². The molecule has 8 aromatic rings. The first kappa shape index (κ1) is 16.8. The largest absolute Gasteiger partial charge is 0.0616 e. The van der Waals surface area contributed by atoms with E-state index in [0.29, 0.717) is 0 Å². The highest BCUT2D eigenvalue weighted by Gasteiger charge is 2.21. The van der Waals surface area contributed by atoms with Gasteiger partial charge in [-0.2, -0.15) is 0 Å². The zero-order chi connectivity index (χ0) is 21.1. The zero-order valence-electron chi connectivity index (χ0n) is 18.1. The maximum Gasteiger partial charge on any atom is -0.00110 e. The quantitative estimate of drug-likeness (QED) is 0.174. The maximum atomic E-state index is 2.41. The summed E-state index contributed by atoms with van der Waals surface area (Å²) in [5.41, 5.74) is 2.78. The van der Waals surface area contributed by atoms with Crippen molar-refractivity contribution in [2.75, 3.05) is 0 Å². The van der Waals surface area contributed by atoms with Crippen LogP contribution in [0.3, 0.4) is 0 Å². The van der Waals surface area contributed by atoms with Gasteiger partial charge in [0.25, 0.3) is 0 Å². The normalized spacial score (nSPS) is 12.7. The van der Waals surface area contributed by atoms with Crippen molar-refractivity contribution in [1.29, 1.82) is 0 Å². The van der Waals surface area contributed by atoms with Crippen LogP contribution in [0.5, 0.6) is 0 Å². The second-order valence-electron chi connectivity index (χ2n) is 9.36. The Morgan fingerprint density at radius 1 is 0.344 bits per heavy atom. The van der Waals surface area contributed by atoms with Crippen LogP contribution >= 0.6 is 0 Å². The second-order valence-corrected chi connectivity index (χ2v) is 9.36. The molecule has 0 nitrogen and oxygen atoms in total. The van der Waals surface area contributed by atoms with Crippen LogP contribution in [0, 0.1) is 13.8 Å². The maximum absolute atomic E-state index is 2.41. The summed E-state index contributed by atoms with van der Waals surface area (Å²) in [7, 11) is 0. The Hall–Kier alpha value is -3.90. The lowest BCUT2D eigenvalue weighted by atomic mass is 9.81. The molecule has 0 heteroatoms. The molecule has 0 N–H and O–H groups in total. The fraction of sp³-hybridized carbons (Fsp3) is 0.0625.